The SMILES string of the molecule is CC12OOC(c3ccccc3)(O1)c1ccccc1C2c1ccccc1. The van der Waals surface area contributed by atoms with Gasteiger partial charge in [0.25, 0.3) is 5.79 Å². The lowest BCUT2D eigenvalue weighted by molar-refractivity contribution is -0.341. The van der Waals surface area contributed by atoms with E-state index >= 15 is 0 Å². The van der Waals surface area contributed by atoms with Crippen LogP contribution < -0.4 is 0 Å². The smallest absolute Gasteiger partial charge is 0.257 e. The number of rotatable bonds is 2. The minimum Gasteiger partial charge on any atom is -0.304 e. The molecule has 2 bridgehead atoms. The normalized spacial score (nSPS) is 30.0. The van der Waals surface area contributed by atoms with E-state index in [-0.39, 0.29) is 5.92 Å². The fraction of sp³-hybridized carbons (Fsp3) is 0.182. The van der Waals surface area contributed by atoms with E-state index in [1.807, 2.05) is 61.5 Å². The van der Waals surface area contributed by atoms with Gasteiger partial charge in [-0.2, -0.15) is 9.78 Å². The molecule has 0 radical (unpaired) electrons. The van der Waals surface area contributed by atoms with Crippen LogP contribution in [0.3, 0.4) is 0 Å². The molecule has 0 aliphatic carbocycles. The maximum Gasteiger partial charge on any atom is 0.257 e. The van der Waals surface area contributed by atoms with E-state index < -0.39 is 11.6 Å². The second kappa shape index (κ2) is 5.27. The third-order valence-corrected chi connectivity index (χ3v) is 5.11. The quantitative estimate of drug-likeness (QED) is 0.636. The monoisotopic (exact) mass is 330 g/mol. The van der Waals surface area contributed by atoms with Gasteiger partial charge in [-0.05, 0) is 18.1 Å². The number of hydrogen-bond donors (Lipinski definition) is 0. The minimum absolute atomic E-state index is 0.0655. The predicted octanol–water partition coefficient (Wildman–Crippen LogP) is 4.73. The van der Waals surface area contributed by atoms with Gasteiger partial charge >= 0.3 is 0 Å². The first-order valence-electron chi connectivity index (χ1n) is 8.50. The molecule has 3 aromatic rings. The average molecular weight is 330 g/mol. The highest BCUT2D eigenvalue weighted by Gasteiger charge is 2.62. The molecule has 5 rings (SSSR count). The third-order valence-electron chi connectivity index (χ3n) is 5.11. The van der Waals surface area contributed by atoms with E-state index in [1.165, 1.54) is 5.56 Å². The molecule has 2 aliphatic rings. The molecule has 3 unspecified atom stereocenters. The molecular weight excluding hydrogens is 312 g/mol. The van der Waals surface area contributed by atoms with Crippen molar-refractivity contribution >= 4 is 0 Å². The molecule has 1 fully saturated rings. The highest BCUT2D eigenvalue weighted by Crippen LogP contribution is 2.57. The van der Waals surface area contributed by atoms with Crippen LogP contribution in [0.5, 0.6) is 0 Å². The van der Waals surface area contributed by atoms with Crippen LogP contribution >= 0.6 is 0 Å². The summed E-state index contributed by atoms with van der Waals surface area (Å²) in [5.41, 5.74) is 4.23. The van der Waals surface area contributed by atoms with Crippen molar-refractivity contribution < 1.29 is 14.5 Å². The van der Waals surface area contributed by atoms with E-state index in [1.54, 1.807) is 0 Å². The Morgan fingerprint density at radius 2 is 1.36 bits per heavy atom. The standard InChI is InChI=1S/C22H18O3/c1-21-20(16-10-4-2-5-11-16)18-14-8-9-15-19(18)22(23-21,25-24-21)17-12-6-3-7-13-17/h2-15,20H,1H3. The van der Waals surface area contributed by atoms with Gasteiger partial charge in [0.1, 0.15) is 0 Å². The Labute approximate surface area is 146 Å². The molecule has 0 amide bonds. The second-order valence-corrected chi connectivity index (χ2v) is 6.70. The van der Waals surface area contributed by atoms with Crippen molar-refractivity contribution in [3.63, 3.8) is 0 Å². The summed E-state index contributed by atoms with van der Waals surface area (Å²) >= 11 is 0. The van der Waals surface area contributed by atoms with Gasteiger partial charge in [0, 0.05) is 11.1 Å². The van der Waals surface area contributed by atoms with Crippen LogP contribution in [0.1, 0.15) is 35.1 Å². The van der Waals surface area contributed by atoms with E-state index in [4.69, 9.17) is 14.5 Å². The average Bonchev–Trinajstić information content (AvgIpc) is 2.99. The van der Waals surface area contributed by atoms with Crippen molar-refractivity contribution in [1.29, 1.82) is 0 Å². The van der Waals surface area contributed by atoms with Crippen molar-refractivity contribution in [2.45, 2.75) is 24.4 Å². The van der Waals surface area contributed by atoms with E-state index in [0.717, 1.165) is 16.7 Å². The van der Waals surface area contributed by atoms with Crippen LogP contribution in [-0.4, -0.2) is 5.79 Å². The predicted molar refractivity (Wildman–Crippen MR) is 93.6 cm³/mol. The molecule has 0 spiro atoms. The van der Waals surface area contributed by atoms with Gasteiger partial charge in [-0.25, -0.2) is 0 Å². The maximum absolute atomic E-state index is 6.51. The lowest BCUT2D eigenvalue weighted by atomic mass is 9.77. The molecule has 1 saturated heterocycles. The highest BCUT2D eigenvalue weighted by molar-refractivity contribution is 5.48. The largest absolute Gasteiger partial charge is 0.304 e. The van der Waals surface area contributed by atoms with Gasteiger partial charge in [-0.1, -0.05) is 84.9 Å². The van der Waals surface area contributed by atoms with Crippen molar-refractivity contribution in [3.05, 3.63) is 107 Å². The Hall–Kier alpha value is -2.46. The molecule has 124 valence electrons. The lowest BCUT2D eigenvalue weighted by Crippen LogP contribution is -2.44. The molecule has 2 heterocycles. The van der Waals surface area contributed by atoms with Crippen molar-refractivity contribution in [3.8, 4) is 0 Å². The van der Waals surface area contributed by atoms with Crippen molar-refractivity contribution in [2.24, 2.45) is 0 Å². The second-order valence-electron chi connectivity index (χ2n) is 6.70. The van der Waals surface area contributed by atoms with Crippen LogP contribution in [0.15, 0.2) is 84.9 Å². The molecule has 3 aromatic carbocycles. The lowest BCUT2D eigenvalue weighted by Gasteiger charge is -2.40. The fourth-order valence-corrected chi connectivity index (χ4v) is 4.05. The number of fused-ring (bicyclic) bond motifs is 4. The molecule has 2 aliphatic heterocycles. The van der Waals surface area contributed by atoms with Crippen LogP contribution in [0.4, 0.5) is 0 Å². The zero-order valence-electron chi connectivity index (χ0n) is 13.9. The van der Waals surface area contributed by atoms with Crippen LogP contribution in [0.25, 0.3) is 0 Å². The Bertz CT molecular complexity index is 909. The summed E-state index contributed by atoms with van der Waals surface area (Å²) in [5, 5.41) is 0. The fourth-order valence-electron chi connectivity index (χ4n) is 4.05. The first-order chi connectivity index (χ1) is 12.2. The summed E-state index contributed by atoms with van der Waals surface area (Å²) in [6.07, 6.45) is 0. The van der Waals surface area contributed by atoms with Gasteiger partial charge in [-0.3, -0.25) is 0 Å². The summed E-state index contributed by atoms with van der Waals surface area (Å²) in [5.74, 6) is -1.99. The summed E-state index contributed by atoms with van der Waals surface area (Å²) in [6, 6.07) is 28.5. The van der Waals surface area contributed by atoms with Gasteiger partial charge in [0.15, 0.2) is 0 Å². The molecular formula is C22H18O3. The minimum atomic E-state index is -1.03. The molecule has 3 nitrogen and oxygen atoms in total. The number of hydrogen-bond acceptors (Lipinski definition) is 3. The Morgan fingerprint density at radius 3 is 2.12 bits per heavy atom. The Morgan fingerprint density at radius 1 is 0.720 bits per heavy atom. The molecule has 0 N–H and O–H groups in total. The Kier molecular flexibility index (Phi) is 3.13. The number of ether oxygens (including phenoxy) is 1. The summed E-state index contributed by atoms with van der Waals surface area (Å²) in [6.45, 7) is 1.95. The first-order valence-corrected chi connectivity index (χ1v) is 8.50. The molecule has 3 heteroatoms. The van der Waals surface area contributed by atoms with E-state index in [2.05, 4.69) is 30.3 Å². The molecule has 25 heavy (non-hydrogen) atoms. The first kappa shape index (κ1) is 14.8. The Balaban J connectivity index is 1.77. The highest BCUT2D eigenvalue weighted by atomic mass is 17.3. The summed E-state index contributed by atoms with van der Waals surface area (Å²) in [4.78, 5) is 11.8. The van der Waals surface area contributed by atoms with Crippen LogP contribution in [0, 0.1) is 0 Å². The van der Waals surface area contributed by atoms with E-state index in [0.29, 0.717) is 0 Å². The van der Waals surface area contributed by atoms with Crippen molar-refractivity contribution in [1.82, 2.24) is 0 Å². The summed E-state index contributed by atoms with van der Waals surface area (Å²) < 4.78 is 6.51. The van der Waals surface area contributed by atoms with Crippen molar-refractivity contribution in [2.75, 3.05) is 0 Å². The molecule has 0 aromatic heterocycles. The van der Waals surface area contributed by atoms with E-state index in [9.17, 15) is 0 Å². The van der Waals surface area contributed by atoms with Gasteiger partial charge in [-0.15, -0.1) is 0 Å². The molecule has 3 atom stereocenters. The zero-order chi connectivity index (χ0) is 16.9. The topological polar surface area (TPSA) is 27.7 Å². The molecule has 0 saturated carbocycles. The summed E-state index contributed by atoms with van der Waals surface area (Å²) in [7, 11) is 0. The van der Waals surface area contributed by atoms with Gasteiger partial charge < -0.3 is 4.74 Å². The third kappa shape index (κ3) is 2.04. The van der Waals surface area contributed by atoms with Crippen LogP contribution in [-0.2, 0) is 20.3 Å². The maximum atomic E-state index is 6.51. The van der Waals surface area contributed by atoms with Gasteiger partial charge in [0.2, 0.25) is 5.79 Å². The van der Waals surface area contributed by atoms with Gasteiger partial charge in [0.05, 0.1) is 5.92 Å². The van der Waals surface area contributed by atoms with Crippen LogP contribution in [0.2, 0.25) is 0 Å². The zero-order valence-corrected chi connectivity index (χ0v) is 13.9. The number of benzene rings is 3.